The molecular weight excluding hydrogens is 398 g/mol. The van der Waals surface area contributed by atoms with E-state index in [1.165, 1.54) is 11.8 Å². The quantitative estimate of drug-likeness (QED) is 0.408. The number of rotatable bonds is 9. The van der Waals surface area contributed by atoms with Gasteiger partial charge in [-0.3, -0.25) is 9.59 Å². The monoisotopic (exact) mass is 423 g/mol. The number of aromatic amines is 1. The summed E-state index contributed by atoms with van der Waals surface area (Å²) in [4.78, 5) is 32.1. The van der Waals surface area contributed by atoms with Crippen LogP contribution in [0.1, 0.15) is 22.4 Å². The van der Waals surface area contributed by atoms with Gasteiger partial charge in [-0.05, 0) is 30.5 Å². The molecule has 3 rings (SSSR count). The number of hydrogen-bond donors (Lipinski definition) is 2. The molecule has 156 valence electrons. The van der Waals surface area contributed by atoms with Crippen molar-refractivity contribution in [2.45, 2.75) is 30.7 Å². The lowest BCUT2D eigenvalue weighted by atomic mass is 10.1. The summed E-state index contributed by atoms with van der Waals surface area (Å²) in [5.74, 6) is 1.31. The van der Waals surface area contributed by atoms with Crippen LogP contribution in [0.5, 0.6) is 5.75 Å². The molecule has 0 aliphatic heterocycles. The van der Waals surface area contributed by atoms with Crippen LogP contribution in [0.2, 0.25) is 0 Å². The number of nitrogens with zero attached hydrogens (tertiary/aromatic N) is 1. The number of H-pyrrole nitrogens is 1. The number of amides is 1. The summed E-state index contributed by atoms with van der Waals surface area (Å²) in [6, 6.07) is 17.7. The number of methoxy groups -OCH3 is 1. The molecule has 2 aromatic carbocycles. The first-order valence-electron chi connectivity index (χ1n) is 9.72. The van der Waals surface area contributed by atoms with Crippen molar-refractivity contribution >= 4 is 17.7 Å². The van der Waals surface area contributed by atoms with Gasteiger partial charge in [0.05, 0.1) is 13.5 Å². The highest BCUT2D eigenvalue weighted by Gasteiger charge is 2.13. The van der Waals surface area contributed by atoms with Gasteiger partial charge in [-0.25, -0.2) is 4.98 Å². The van der Waals surface area contributed by atoms with Gasteiger partial charge in [0.2, 0.25) is 5.91 Å². The van der Waals surface area contributed by atoms with Crippen molar-refractivity contribution in [1.29, 1.82) is 0 Å². The van der Waals surface area contributed by atoms with Crippen molar-refractivity contribution in [3.63, 3.8) is 0 Å². The molecule has 3 aromatic rings. The third-order valence-corrected chi connectivity index (χ3v) is 5.61. The highest BCUT2D eigenvalue weighted by atomic mass is 32.2. The molecule has 0 fully saturated rings. The number of ether oxygens (including phenoxy) is 1. The summed E-state index contributed by atoms with van der Waals surface area (Å²) in [5, 5.41) is 3.42. The maximum atomic E-state index is 12.5. The van der Waals surface area contributed by atoms with Gasteiger partial charge in [0.1, 0.15) is 5.75 Å². The van der Waals surface area contributed by atoms with E-state index in [4.69, 9.17) is 4.74 Å². The molecule has 0 atom stereocenters. The Morgan fingerprint density at radius 1 is 1.13 bits per heavy atom. The molecule has 0 saturated carbocycles. The number of nitrogens with one attached hydrogen (secondary N) is 2. The van der Waals surface area contributed by atoms with Crippen LogP contribution >= 0.6 is 11.8 Å². The van der Waals surface area contributed by atoms with Crippen LogP contribution in [0.25, 0.3) is 0 Å². The average Bonchev–Trinajstić information content (AvgIpc) is 2.76. The van der Waals surface area contributed by atoms with Gasteiger partial charge in [0.15, 0.2) is 5.16 Å². The van der Waals surface area contributed by atoms with E-state index in [-0.39, 0.29) is 17.9 Å². The van der Waals surface area contributed by atoms with E-state index in [0.29, 0.717) is 35.1 Å². The SMILES string of the molecule is COc1ccccc1CCNC(=O)Cc1c(C)nc(SCc2ccccc2)[nH]c1=O. The molecule has 1 heterocycles. The van der Waals surface area contributed by atoms with Crippen LogP contribution in [0.4, 0.5) is 0 Å². The van der Waals surface area contributed by atoms with E-state index >= 15 is 0 Å². The molecule has 0 spiro atoms. The summed E-state index contributed by atoms with van der Waals surface area (Å²) >= 11 is 1.47. The fourth-order valence-electron chi connectivity index (χ4n) is 3.06. The van der Waals surface area contributed by atoms with Crippen LogP contribution in [-0.4, -0.2) is 29.5 Å². The second-order valence-corrected chi connectivity index (χ2v) is 7.76. The van der Waals surface area contributed by atoms with Crippen molar-refractivity contribution in [1.82, 2.24) is 15.3 Å². The molecule has 0 aliphatic rings. The lowest BCUT2D eigenvalue weighted by Gasteiger charge is -2.10. The third kappa shape index (κ3) is 5.97. The van der Waals surface area contributed by atoms with Crippen molar-refractivity contribution in [3.05, 3.63) is 87.3 Å². The number of carbonyl (C=O) groups excluding carboxylic acids is 1. The number of para-hydroxylation sites is 1. The fourth-order valence-corrected chi connectivity index (χ4v) is 3.92. The Morgan fingerprint density at radius 2 is 1.87 bits per heavy atom. The van der Waals surface area contributed by atoms with Gasteiger partial charge < -0.3 is 15.0 Å². The van der Waals surface area contributed by atoms with Crippen LogP contribution in [0.3, 0.4) is 0 Å². The minimum absolute atomic E-state index is 0.00369. The van der Waals surface area contributed by atoms with Crippen LogP contribution in [-0.2, 0) is 23.4 Å². The summed E-state index contributed by atoms with van der Waals surface area (Å²) in [7, 11) is 1.63. The number of hydrogen-bond acceptors (Lipinski definition) is 5. The Labute approximate surface area is 180 Å². The Morgan fingerprint density at radius 3 is 2.60 bits per heavy atom. The van der Waals surface area contributed by atoms with Crippen molar-refractivity contribution in [2.24, 2.45) is 0 Å². The molecule has 1 amide bonds. The van der Waals surface area contributed by atoms with Crippen LogP contribution in [0, 0.1) is 6.92 Å². The van der Waals surface area contributed by atoms with E-state index in [9.17, 15) is 9.59 Å². The maximum Gasteiger partial charge on any atom is 0.255 e. The molecule has 0 radical (unpaired) electrons. The zero-order valence-electron chi connectivity index (χ0n) is 17.1. The summed E-state index contributed by atoms with van der Waals surface area (Å²) < 4.78 is 5.32. The van der Waals surface area contributed by atoms with E-state index in [1.54, 1.807) is 14.0 Å². The van der Waals surface area contributed by atoms with Gasteiger partial charge >= 0.3 is 0 Å². The molecule has 7 heteroatoms. The standard InChI is InChI=1S/C23H25N3O3S/c1-16-19(14-21(27)24-13-12-18-10-6-7-11-20(18)29-2)22(28)26-23(25-16)30-15-17-8-4-3-5-9-17/h3-11H,12-15H2,1-2H3,(H,24,27)(H,25,26,28). The van der Waals surface area contributed by atoms with E-state index in [2.05, 4.69) is 15.3 Å². The Hall–Kier alpha value is -3.06. The number of thioether (sulfide) groups is 1. The molecule has 0 bridgehead atoms. The number of aryl methyl sites for hydroxylation is 1. The smallest absolute Gasteiger partial charge is 0.255 e. The van der Waals surface area contributed by atoms with Crippen molar-refractivity contribution in [2.75, 3.05) is 13.7 Å². The van der Waals surface area contributed by atoms with Gasteiger partial charge in [-0.15, -0.1) is 0 Å². The van der Waals surface area contributed by atoms with Crippen molar-refractivity contribution < 1.29 is 9.53 Å². The lowest BCUT2D eigenvalue weighted by Crippen LogP contribution is -2.30. The Balaban J connectivity index is 1.55. The number of aromatic nitrogens is 2. The van der Waals surface area contributed by atoms with Crippen LogP contribution < -0.4 is 15.6 Å². The van der Waals surface area contributed by atoms with Gasteiger partial charge in [-0.1, -0.05) is 60.3 Å². The Bertz CT molecular complexity index is 1050. The molecule has 6 nitrogen and oxygen atoms in total. The highest BCUT2D eigenvalue weighted by Crippen LogP contribution is 2.19. The molecule has 1 aromatic heterocycles. The van der Waals surface area contributed by atoms with Gasteiger partial charge in [0.25, 0.3) is 5.56 Å². The minimum Gasteiger partial charge on any atom is -0.496 e. The number of benzene rings is 2. The second-order valence-electron chi connectivity index (χ2n) is 6.80. The third-order valence-electron chi connectivity index (χ3n) is 4.67. The average molecular weight is 424 g/mol. The summed E-state index contributed by atoms with van der Waals surface area (Å²) in [6.07, 6.45) is 0.655. The molecule has 2 N–H and O–H groups in total. The number of carbonyl (C=O) groups is 1. The zero-order chi connectivity index (χ0) is 21.3. The van der Waals surface area contributed by atoms with Crippen LogP contribution in [0.15, 0.2) is 64.5 Å². The topological polar surface area (TPSA) is 84.1 Å². The minimum atomic E-state index is -0.266. The predicted molar refractivity (Wildman–Crippen MR) is 119 cm³/mol. The molecule has 0 unspecified atom stereocenters. The van der Waals surface area contributed by atoms with Crippen molar-refractivity contribution in [3.8, 4) is 5.75 Å². The molecular formula is C23H25N3O3S. The largest absolute Gasteiger partial charge is 0.496 e. The van der Waals surface area contributed by atoms with E-state index in [0.717, 1.165) is 16.9 Å². The maximum absolute atomic E-state index is 12.5. The van der Waals surface area contributed by atoms with Gasteiger partial charge in [0, 0.05) is 23.6 Å². The van der Waals surface area contributed by atoms with E-state index in [1.807, 2.05) is 54.6 Å². The highest BCUT2D eigenvalue weighted by molar-refractivity contribution is 7.98. The molecule has 0 aliphatic carbocycles. The first-order valence-corrected chi connectivity index (χ1v) is 10.7. The molecule has 30 heavy (non-hydrogen) atoms. The Kier molecular flexibility index (Phi) is 7.68. The summed E-state index contributed by atoms with van der Waals surface area (Å²) in [6.45, 7) is 2.23. The first kappa shape index (κ1) is 21.6. The predicted octanol–water partition coefficient (Wildman–Crippen LogP) is 3.28. The first-order chi connectivity index (χ1) is 14.6. The normalized spacial score (nSPS) is 10.6. The fraction of sp³-hybridized carbons (Fsp3) is 0.261. The summed E-state index contributed by atoms with van der Waals surface area (Å²) in [5.41, 5.74) is 2.89. The second kappa shape index (κ2) is 10.6. The van der Waals surface area contributed by atoms with E-state index < -0.39 is 0 Å². The lowest BCUT2D eigenvalue weighted by molar-refractivity contribution is -0.120. The molecule has 0 saturated heterocycles. The van der Waals surface area contributed by atoms with Gasteiger partial charge in [-0.2, -0.15) is 0 Å². The zero-order valence-corrected chi connectivity index (χ0v) is 17.9.